The fourth-order valence-corrected chi connectivity index (χ4v) is 1.38. The van der Waals surface area contributed by atoms with E-state index in [4.69, 9.17) is 17.3 Å². The van der Waals surface area contributed by atoms with Gasteiger partial charge >= 0.3 is 0 Å². The third kappa shape index (κ3) is 0.987. The van der Waals surface area contributed by atoms with Gasteiger partial charge in [0.2, 0.25) is 0 Å². The van der Waals surface area contributed by atoms with Gasteiger partial charge in [-0.2, -0.15) is 10.2 Å². The maximum Gasteiger partial charge on any atom is 0.0965 e. The van der Waals surface area contributed by atoms with Crippen molar-refractivity contribution in [1.29, 1.82) is 0 Å². The zero-order valence-electron chi connectivity index (χ0n) is 6.16. The van der Waals surface area contributed by atoms with Gasteiger partial charge in [-0.15, -0.1) is 0 Å². The molecule has 1 aromatic carbocycles. The molecule has 0 aliphatic carbocycles. The summed E-state index contributed by atoms with van der Waals surface area (Å²) in [5, 5.41) is 8.99. The van der Waals surface area contributed by atoms with Crippen LogP contribution in [0.1, 0.15) is 0 Å². The van der Waals surface area contributed by atoms with Crippen LogP contribution >= 0.6 is 11.6 Å². The van der Waals surface area contributed by atoms with Gasteiger partial charge in [0.1, 0.15) is 0 Å². The lowest BCUT2D eigenvalue weighted by molar-refractivity contribution is 1.08. The molecule has 3 nitrogen and oxygen atoms in total. The summed E-state index contributed by atoms with van der Waals surface area (Å²) in [7, 11) is 0. The number of benzene rings is 1. The second-order valence-corrected chi connectivity index (χ2v) is 2.84. The molecule has 1 heterocycles. The summed E-state index contributed by atoms with van der Waals surface area (Å²) in [5.74, 6) is 0. The lowest BCUT2D eigenvalue weighted by Crippen LogP contribution is -1.91. The van der Waals surface area contributed by atoms with Crippen LogP contribution in [0, 0.1) is 0 Å². The maximum atomic E-state index is 5.91. The molecule has 0 radical (unpaired) electrons. The maximum absolute atomic E-state index is 5.91. The van der Waals surface area contributed by atoms with Crippen molar-refractivity contribution in [3.63, 3.8) is 0 Å². The Kier molecular flexibility index (Phi) is 1.59. The van der Waals surface area contributed by atoms with Crippen LogP contribution in [0.25, 0.3) is 10.9 Å². The third-order valence-electron chi connectivity index (χ3n) is 1.64. The summed E-state index contributed by atoms with van der Waals surface area (Å²) < 4.78 is 0. The fraction of sp³-hybridized carbons (Fsp3) is 0. The third-order valence-corrected chi connectivity index (χ3v) is 1.96. The highest BCUT2D eigenvalue weighted by Gasteiger charge is 2.02. The minimum atomic E-state index is 0.561. The van der Waals surface area contributed by atoms with Crippen molar-refractivity contribution in [3.8, 4) is 0 Å². The van der Waals surface area contributed by atoms with Crippen molar-refractivity contribution in [2.75, 3.05) is 5.73 Å². The van der Waals surface area contributed by atoms with Crippen molar-refractivity contribution >= 4 is 28.2 Å². The smallest absolute Gasteiger partial charge is 0.0965 e. The zero-order valence-corrected chi connectivity index (χ0v) is 6.92. The van der Waals surface area contributed by atoms with Gasteiger partial charge < -0.3 is 5.73 Å². The van der Waals surface area contributed by atoms with Crippen molar-refractivity contribution in [3.05, 3.63) is 29.4 Å². The highest BCUT2D eigenvalue weighted by Crippen LogP contribution is 2.25. The van der Waals surface area contributed by atoms with Gasteiger partial charge in [0.05, 0.1) is 22.4 Å². The molecule has 0 atom stereocenters. The van der Waals surface area contributed by atoms with E-state index in [1.165, 1.54) is 6.20 Å². The molecule has 12 heavy (non-hydrogen) atoms. The van der Waals surface area contributed by atoms with Crippen LogP contribution in [0.15, 0.2) is 24.4 Å². The molecule has 0 aliphatic rings. The molecule has 0 amide bonds. The Hall–Kier alpha value is -1.35. The number of nitrogens with two attached hydrogens (primary N) is 1. The molecule has 0 bridgehead atoms. The summed E-state index contributed by atoms with van der Waals surface area (Å²) in [6, 6.07) is 5.42. The van der Waals surface area contributed by atoms with E-state index < -0.39 is 0 Å². The number of hydrogen-bond acceptors (Lipinski definition) is 3. The molecule has 2 rings (SSSR count). The van der Waals surface area contributed by atoms with E-state index in [1.54, 1.807) is 6.07 Å². The summed E-state index contributed by atoms with van der Waals surface area (Å²) in [4.78, 5) is 0. The summed E-state index contributed by atoms with van der Waals surface area (Å²) in [6.07, 6.45) is 1.49. The molecule has 60 valence electrons. The minimum Gasteiger partial charge on any atom is -0.397 e. The highest BCUT2D eigenvalue weighted by molar-refractivity contribution is 6.36. The molecule has 4 heteroatoms. The van der Waals surface area contributed by atoms with Crippen molar-refractivity contribution < 1.29 is 0 Å². The molecule has 0 fully saturated rings. The monoisotopic (exact) mass is 179 g/mol. The first-order chi connectivity index (χ1) is 5.79. The summed E-state index contributed by atoms with van der Waals surface area (Å²) >= 11 is 5.91. The molecule has 0 spiro atoms. The Bertz CT molecular complexity index is 391. The highest BCUT2D eigenvalue weighted by atomic mass is 35.5. The zero-order chi connectivity index (χ0) is 8.55. The predicted octanol–water partition coefficient (Wildman–Crippen LogP) is 1.87. The Morgan fingerprint density at radius 3 is 2.92 bits per heavy atom. The Morgan fingerprint density at radius 1 is 1.33 bits per heavy atom. The first kappa shape index (κ1) is 7.31. The first-order valence-corrected chi connectivity index (χ1v) is 3.82. The molecule has 0 saturated heterocycles. The number of fused-ring (bicyclic) bond motifs is 1. The molecule has 1 aromatic heterocycles. The molecule has 0 saturated carbocycles. The predicted molar refractivity (Wildman–Crippen MR) is 49.0 cm³/mol. The van der Waals surface area contributed by atoms with Crippen LogP contribution in [-0.4, -0.2) is 10.2 Å². The average molecular weight is 180 g/mol. The Balaban J connectivity index is 2.96. The lowest BCUT2D eigenvalue weighted by atomic mass is 10.2. The molecular weight excluding hydrogens is 174 g/mol. The second kappa shape index (κ2) is 2.60. The van der Waals surface area contributed by atoms with Crippen molar-refractivity contribution in [1.82, 2.24) is 10.2 Å². The van der Waals surface area contributed by atoms with Gasteiger partial charge in [0.25, 0.3) is 0 Å². The van der Waals surface area contributed by atoms with E-state index in [2.05, 4.69) is 10.2 Å². The molecular formula is C8H6ClN3. The average Bonchev–Trinajstić information content (AvgIpc) is 2.04. The van der Waals surface area contributed by atoms with Crippen molar-refractivity contribution in [2.45, 2.75) is 0 Å². The molecule has 0 unspecified atom stereocenters. The molecule has 2 aromatic rings. The van der Waals surface area contributed by atoms with Gasteiger partial charge in [-0.25, -0.2) is 0 Å². The number of aromatic nitrogens is 2. The van der Waals surface area contributed by atoms with Crippen LogP contribution in [0.3, 0.4) is 0 Å². The van der Waals surface area contributed by atoms with Crippen LogP contribution in [0.5, 0.6) is 0 Å². The normalized spacial score (nSPS) is 10.4. The van der Waals surface area contributed by atoms with E-state index in [-0.39, 0.29) is 0 Å². The van der Waals surface area contributed by atoms with Crippen molar-refractivity contribution in [2.24, 2.45) is 0 Å². The Morgan fingerprint density at radius 2 is 2.17 bits per heavy atom. The Labute approximate surface area is 74.2 Å². The van der Waals surface area contributed by atoms with E-state index in [0.717, 1.165) is 10.9 Å². The lowest BCUT2D eigenvalue weighted by Gasteiger charge is -2.00. The number of hydrogen-bond donors (Lipinski definition) is 1. The van der Waals surface area contributed by atoms with Crippen LogP contribution in [0.2, 0.25) is 5.02 Å². The van der Waals surface area contributed by atoms with Crippen LogP contribution < -0.4 is 5.73 Å². The second-order valence-electron chi connectivity index (χ2n) is 2.43. The fourth-order valence-electron chi connectivity index (χ4n) is 1.10. The van der Waals surface area contributed by atoms with E-state index in [0.29, 0.717) is 10.7 Å². The summed E-state index contributed by atoms with van der Waals surface area (Å²) in [5.41, 5.74) is 6.96. The van der Waals surface area contributed by atoms with Gasteiger partial charge in [0.15, 0.2) is 0 Å². The van der Waals surface area contributed by atoms with Gasteiger partial charge in [-0.05, 0) is 12.1 Å². The topological polar surface area (TPSA) is 51.8 Å². The van der Waals surface area contributed by atoms with Gasteiger partial charge in [-0.1, -0.05) is 17.7 Å². The van der Waals surface area contributed by atoms with Gasteiger partial charge in [0, 0.05) is 5.39 Å². The van der Waals surface area contributed by atoms with E-state index >= 15 is 0 Å². The number of nitrogen functional groups attached to an aromatic ring is 1. The quantitative estimate of drug-likeness (QED) is 0.672. The van der Waals surface area contributed by atoms with Crippen LogP contribution in [-0.2, 0) is 0 Å². The first-order valence-electron chi connectivity index (χ1n) is 3.44. The number of nitrogens with zero attached hydrogens (tertiary/aromatic N) is 2. The van der Waals surface area contributed by atoms with E-state index in [1.807, 2.05) is 12.1 Å². The largest absolute Gasteiger partial charge is 0.397 e. The molecule has 0 aliphatic heterocycles. The number of anilines is 1. The summed E-state index contributed by atoms with van der Waals surface area (Å²) in [6.45, 7) is 0. The minimum absolute atomic E-state index is 0.561. The SMILES string of the molecule is Nc1cnnc2cccc(Cl)c12. The molecule has 2 N–H and O–H groups in total. The number of halogens is 1. The standard InChI is InChI=1S/C8H6ClN3/c9-5-2-1-3-7-8(5)6(10)4-11-12-7/h1-4H,(H2,10,12). The van der Waals surface area contributed by atoms with Gasteiger partial charge in [-0.3, -0.25) is 0 Å². The van der Waals surface area contributed by atoms with E-state index in [9.17, 15) is 0 Å². The van der Waals surface area contributed by atoms with Crippen LogP contribution in [0.4, 0.5) is 5.69 Å². The number of rotatable bonds is 0.